The van der Waals surface area contributed by atoms with Crippen LogP contribution in [0.3, 0.4) is 0 Å². The lowest BCUT2D eigenvalue weighted by molar-refractivity contribution is -0.122. The maximum absolute atomic E-state index is 12.1. The van der Waals surface area contributed by atoms with E-state index in [0.29, 0.717) is 11.4 Å². The van der Waals surface area contributed by atoms with Crippen molar-refractivity contribution in [2.45, 2.75) is 17.9 Å². The smallest absolute Gasteiger partial charge is 0.265 e. The maximum atomic E-state index is 12.1. The van der Waals surface area contributed by atoms with Crippen LogP contribution in [0.1, 0.15) is 6.92 Å². The van der Waals surface area contributed by atoms with Gasteiger partial charge in [-0.3, -0.25) is 4.79 Å². The number of halogens is 1. The Hall–Kier alpha value is -1.86. The van der Waals surface area contributed by atoms with Gasteiger partial charge in [-0.2, -0.15) is 0 Å². The normalized spacial score (nSPS) is 12.5. The highest BCUT2D eigenvalue weighted by Crippen LogP contribution is 2.18. The van der Waals surface area contributed by atoms with E-state index in [4.69, 9.17) is 4.74 Å². The van der Waals surface area contributed by atoms with Crippen LogP contribution >= 0.6 is 15.9 Å². The van der Waals surface area contributed by atoms with Crippen molar-refractivity contribution >= 4 is 37.4 Å². The van der Waals surface area contributed by atoms with Gasteiger partial charge in [-0.05, 0) is 55.5 Å². The number of sulfone groups is 1. The van der Waals surface area contributed by atoms with E-state index in [0.717, 1.165) is 10.7 Å². The van der Waals surface area contributed by atoms with Gasteiger partial charge in [0.15, 0.2) is 15.9 Å². The minimum Gasteiger partial charge on any atom is -0.481 e. The van der Waals surface area contributed by atoms with Crippen LogP contribution in [0.25, 0.3) is 0 Å². The number of rotatable bonds is 5. The van der Waals surface area contributed by atoms with Crippen molar-refractivity contribution in [1.29, 1.82) is 0 Å². The fourth-order valence-electron chi connectivity index (χ4n) is 1.80. The molecule has 1 atom stereocenters. The number of carbonyl (C=O) groups is 1. The van der Waals surface area contributed by atoms with E-state index in [1.807, 2.05) is 12.1 Å². The first-order chi connectivity index (χ1) is 10.8. The topological polar surface area (TPSA) is 72.5 Å². The molecule has 2 aromatic carbocycles. The van der Waals surface area contributed by atoms with Crippen LogP contribution in [-0.2, 0) is 14.6 Å². The molecule has 0 heterocycles. The minimum absolute atomic E-state index is 0.205. The second-order valence-corrected chi connectivity index (χ2v) is 7.93. The Balaban J connectivity index is 1.99. The molecule has 0 aliphatic rings. The Bertz CT molecular complexity index is 786. The fraction of sp³-hybridized carbons (Fsp3) is 0.188. The second kappa shape index (κ2) is 7.14. The van der Waals surface area contributed by atoms with Crippen LogP contribution in [-0.4, -0.2) is 26.7 Å². The molecule has 0 bridgehead atoms. The Morgan fingerprint density at radius 2 is 1.65 bits per heavy atom. The Morgan fingerprint density at radius 3 is 2.17 bits per heavy atom. The van der Waals surface area contributed by atoms with Gasteiger partial charge in [0.05, 0.1) is 4.90 Å². The van der Waals surface area contributed by atoms with Crippen molar-refractivity contribution in [1.82, 2.24) is 0 Å². The zero-order valence-electron chi connectivity index (χ0n) is 12.6. The molecule has 0 aromatic heterocycles. The van der Waals surface area contributed by atoms with Crippen molar-refractivity contribution in [3.05, 3.63) is 53.0 Å². The first kappa shape index (κ1) is 17.5. The summed E-state index contributed by atoms with van der Waals surface area (Å²) in [5.74, 6) is 0.135. The summed E-state index contributed by atoms with van der Waals surface area (Å²) in [7, 11) is -3.25. The Labute approximate surface area is 143 Å². The standard InChI is InChI=1S/C16H16BrNO4S/c1-11(16(19)18-13-5-3-12(17)4-6-13)22-14-7-9-15(10-8-14)23(2,20)21/h3-11H,1-2H3,(H,18,19). The highest BCUT2D eigenvalue weighted by atomic mass is 79.9. The van der Waals surface area contributed by atoms with E-state index in [9.17, 15) is 13.2 Å². The highest BCUT2D eigenvalue weighted by molar-refractivity contribution is 9.10. The van der Waals surface area contributed by atoms with Crippen LogP contribution in [0.15, 0.2) is 57.9 Å². The molecular weight excluding hydrogens is 382 g/mol. The second-order valence-electron chi connectivity index (χ2n) is 5.00. The van der Waals surface area contributed by atoms with Crippen LogP contribution < -0.4 is 10.1 Å². The third-order valence-corrected chi connectivity index (χ3v) is 4.70. The molecule has 0 aliphatic heterocycles. The highest BCUT2D eigenvalue weighted by Gasteiger charge is 2.15. The third kappa shape index (κ3) is 5.07. The number of anilines is 1. The summed E-state index contributed by atoms with van der Waals surface area (Å²) in [6.45, 7) is 1.62. The van der Waals surface area contributed by atoms with Crippen molar-refractivity contribution in [2.24, 2.45) is 0 Å². The molecule has 0 radical (unpaired) electrons. The molecule has 0 fully saturated rings. The van der Waals surface area contributed by atoms with E-state index in [1.54, 1.807) is 19.1 Å². The average Bonchev–Trinajstić information content (AvgIpc) is 2.49. The Morgan fingerprint density at radius 1 is 1.09 bits per heavy atom. The molecule has 2 rings (SSSR count). The number of amides is 1. The SMILES string of the molecule is CC(Oc1ccc(S(C)(=O)=O)cc1)C(=O)Nc1ccc(Br)cc1. The van der Waals surface area contributed by atoms with Crippen LogP contribution in [0.4, 0.5) is 5.69 Å². The van der Waals surface area contributed by atoms with Crippen LogP contribution in [0, 0.1) is 0 Å². The molecule has 7 heteroatoms. The summed E-state index contributed by atoms with van der Waals surface area (Å²) in [4.78, 5) is 12.3. The number of hydrogen-bond donors (Lipinski definition) is 1. The van der Waals surface area contributed by atoms with Gasteiger partial charge < -0.3 is 10.1 Å². The monoisotopic (exact) mass is 397 g/mol. The predicted molar refractivity (Wildman–Crippen MR) is 92.4 cm³/mol. The summed E-state index contributed by atoms with van der Waals surface area (Å²) < 4.78 is 29.2. The van der Waals surface area contributed by atoms with E-state index in [-0.39, 0.29) is 10.8 Å². The molecule has 0 spiro atoms. The van der Waals surface area contributed by atoms with Crippen molar-refractivity contribution in [3.63, 3.8) is 0 Å². The van der Waals surface area contributed by atoms with E-state index < -0.39 is 15.9 Å². The summed E-state index contributed by atoms with van der Waals surface area (Å²) in [5.41, 5.74) is 0.668. The van der Waals surface area contributed by atoms with Gasteiger partial charge in [-0.25, -0.2) is 8.42 Å². The molecule has 1 N–H and O–H groups in total. The summed E-state index contributed by atoms with van der Waals surface area (Å²) in [6, 6.07) is 13.1. The number of hydrogen-bond acceptors (Lipinski definition) is 4. The molecule has 1 unspecified atom stereocenters. The van der Waals surface area contributed by atoms with Gasteiger partial charge in [-0.15, -0.1) is 0 Å². The Kier molecular flexibility index (Phi) is 5.43. The lowest BCUT2D eigenvalue weighted by atomic mass is 10.3. The summed E-state index contributed by atoms with van der Waals surface area (Å²) in [6.07, 6.45) is 0.416. The van der Waals surface area contributed by atoms with Gasteiger partial charge in [0.1, 0.15) is 5.75 Å². The number of carbonyl (C=O) groups excluding carboxylic acids is 1. The lowest BCUT2D eigenvalue weighted by Crippen LogP contribution is -2.30. The summed E-state index contributed by atoms with van der Waals surface area (Å²) in [5, 5.41) is 2.74. The van der Waals surface area contributed by atoms with Gasteiger partial charge >= 0.3 is 0 Å². The fourth-order valence-corrected chi connectivity index (χ4v) is 2.69. The van der Waals surface area contributed by atoms with Crippen molar-refractivity contribution in [2.75, 3.05) is 11.6 Å². The van der Waals surface area contributed by atoms with Crippen molar-refractivity contribution in [3.8, 4) is 5.75 Å². The van der Waals surface area contributed by atoms with E-state index in [1.165, 1.54) is 24.3 Å². The van der Waals surface area contributed by atoms with E-state index >= 15 is 0 Å². The molecule has 0 saturated heterocycles. The molecule has 0 aliphatic carbocycles. The number of ether oxygens (including phenoxy) is 1. The molecule has 1 amide bonds. The average molecular weight is 398 g/mol. The quantitative estimate of drug-likeness (QED) is 0.839. The number of nitrogens with one attached hydrogen (secondary N) is 1. The summed E-state index contributed by atoms with van der Waals surface area (Å²) >= 11 is 3.32. The molecular formula is C16H16BrNO4S. The molecule has 23 heavy (non-hydrogen) atoms. The van der Waals surface area contributed by atoms with Crippen LogP contribution in [0.5, 0.6) is 5.75 Å². The molecule has 5 nitrogen and oxygen atoms in total. The van der Waals surface area contributed by atoms with Gasteiger partial charge in [-0.1, -0.05) is 15.9 Å². The molecule has 122 valence electrons. The first-order valence-corrected chi connectivity index (χ1v) is 9.47. The minimum atomic E-state index is -3.25. The first-order valence-electron chi connectivity index (χ1n) is 6.79. The molecule has 2 aromatic rings. The zero-order chi connectivity index (χ0) is 17.0. The maximum Gasteiger partial charge on any atom is 0.265 e. The third-order valence-electron chi connectivity index (χ3n) is 3.05. The number of benzene rings is 2. The van der Waals surface area contributed by atoms with Gasteiger partial charge in [0.25, 0.3) is 5.91 Å². The lowest BCUT2D eigenvalue weighted by Gasteiger charge is -2.15. The molecule has 0 saturated carbocycles. The van der Waals surface area contributed by atoms with Crippen LogP contribution in [0.2, 0.25) is 0 Å². The van der Waals surface area contributed by atoms with Gasteiger partial charge in [0.2, 0.25) is 0 Å². The largest absolute Gasteiger partial charge is 0.481 e. The van der Waals surface area contributed by atoms with E-state index in [2.05, 4.69) is 21.2 Å². The van der Waals surface area contributed by atoms with Crippen molar-refractivity contribution < 1.29 is 17.9 Å². The zero-order valence-corrected chi connectivity index (χ0v) is 15.0. The predicted octanol–water partition coefficient (Wildman–Crippen LogP) is 3.26. The van der Waals surface area contributed by atoms with Gasteiger partial charge in [0, 0.05) is 16.4 Å².